The van der Waals surface area contributed by atoms with Crippen LogP contribution in [0.3, 0.4) is 0 Å². The second-order valence-corrected chi connectivity index (χ2v) is 8.90. The number of aromatic nitrogens is 2. The molecule has 1 fully saturated rings. The highest BCUT2D eigenvalue weighted by Gasteiger charge is 2.24. The molecule has 1 N–H and O–H groups in total. The summed E-state index contributed by atoms with van der Waals surface area (Å²) in [7, 11) is 0. The van der Waals surface area contributed by atoms with Crippen LogP contribution in [0, 0.1) is 6.92 Å². The van der Waals surface area contributed by atoms with Gasteiger partial charge in [-0.05, 0) is 50.5 Å². The molecule has 4 rings (SSSR count). The Balaban J connectivity index is 1.74. The molecule has 2 aromatic carbocycles. The maximum Gasteiger partial charge on any atom is 0.266 e. The van der Waals surface area contributed by atoms with Crippen molar-refractivity contribution < 1.29 is 4.79 Å². The molecule has 3 aromatic rings. The predicted molar refractivity (Wildman–Crippen MR) is 118 cm³/mol. The first-order chi connectivity index (χ1) is 14.0. The number of nitrogens with one attached hydrogen (secondary N) is 1. The van der Waals surface area contributed by atoms with Crippen molar-refractivity contribution in [3.05, 3.63) is 64.4 Å². The van der Waals surface area contributed by atoms with E-state index >= 15 is 0 Å². The van der Waals surface area contributed by atoms with Gasteiger partial charge in [-0.25, -0.2) is 4.98 Å². The van der Waals surface area contributed by atoms with Crippen molar-refractivity contribution >= 4 is 28.6 Å². The van der Waals surface area contributed by atoms with E-state index in [9.17, 15) is 9.59 Å². The Labute approximate surface area is 174 Å². The SMILES string of the molecule is Cc1ccccc1-n1c(SC(C)C(=O)NC2CCCC2)nc2ccccc2c1=O. The van der Waals surface area contributed by atoms with Crippen molar-refractivity contribution in [2.45, 2.75) is 56.0 Å². The van der Waals surface area contributed by atoms with Crippen molar-refractivity contribution in [2.75, 3.05) is 0 Å². The van der Waals surface area contributed by atoms with E-state index in [-0.39, 0.29) is 22.8 Å². The zero-order valence-corrected chi connectivity index (χ0v) is 17.5. The first kappa shape index (κ1) is 19.7. The lowest BCUT2D eigenvalue weighted by Gasteiger charge is -2.19. The molecule has 5 nitrogen and oxygen atoms in total. The average Bonchev–Trinajstić information content (AvgIpc) is 3.22. The van der Waals surface area contributed by atoms with E-state index in [4.69, 9.17) is 4.98 Å². The van der Waals surface area contributed by atoms with Crippen LogP contribution in [0.5, 0.6) is 0 Å². The number of para-hydroxylation sites is 2. The van der Waals surface area contributed by atoms with Crippen LogP contribution in [-0.4, -0.2) is 26.8 Å². The van der Waals surface area contributed by atoms with Gasteiger partial charge in [-0.3, -0.25) is 14.2 Å². The normalized spacial score (nSPS) is 15.5. The molecule has 0 spiro atoms. The Morgan fingerprint density at radius 2 is 1.83 bits per heavy atom. The van der Waals surface area contributed by atoms with Crippen molar-refractivity contribution in [3.63, 3.8) is 0 Å². The molecule has 1 unspecified atom stereocenters. The van der Waals surface area contributed by atoms with Crippen LogP contribution in [0.2, 0.25) is 0 Å². The second kappa shape index (κ2) is 8.41. The lowest BCUT2D eigenvalue weighted by atomic mass is 10.2. The summed E-state index contributed by atoms with van der Waals surface area (Å²) in [5, 5.41) is 3.91. The van der Waals surface area contributed by atoms with Gasteiger partial charge in [-0.1, -0.05) is 54.9 Å². The van der Waals surface area contributed by atoms with Gasteiger partial charge in [0.15, 0.2) is 5.16 Å². The van der Waals surface area contributed by atoms with Crippen LogP contribution in [0.15, 0.2) is 58.5 Å². The number of carbonyl (C=O) groups excluding carboxylic acids is 1. The molecule has 150 valence electrons. The van der Waals surface area contributed by atoms with Gasteiger partial charge in [0.2, 0.25) is 5.91 Å². The fraction of sp³-hybridized carbons (Fsp3) is 0.348. The molecule has 0 aliphatic heterocycles. The van der Waals surface area contributed by atoms with Gasteiger partial charge in [0.1, 0.15) is 0 Å². The fourth-order valence-electron chi connectivity index (χ4n) is 3.82. The molecule has 1 amide bonds. The number of aryl methyl sites for hydroxylation is 1. The molecule has 0 saturated heterocycles. The Morgan fingerprint density at radius 3 is 2.59 bits per heavy atom. The maximum atomic E-state index is 13.3. The minimum atomic E-state index is -0.348. The second-order valence-electron chi connectivity index (χ2n) is 7.59. The third-order valence-electron chi connectivity index (χ3n) is 5.45. The third-order valence-corrected chi connectivity index (χ3v) is 6.51. The van der Waals surface area contributed by atoms with Gasteiger partial charge in [0.05, 0.1) is 21.8 Å². The highest BCUT2D eigenvalue weighted by molar-refractivity contribution is 8.00. The van der Waals surface area contributed by atoms with Crippen LogP contribution in [0.1, 0.15) is 38.2 Å². The van der Waals surface area contributed by atoms with E-state index < -0.39 is 0 Å². The Hall–Kier alpha value is -2.60. The Kier molecular flexibility index (Phi) is 5.72. The molecule has 1 saturated carbocycles. The molecular weight excluding hydrogens is 382 g/mol. The first-order valence-corrected chi connectivity index (χ1v) is 11.0. The summed E-state index contributed by atoms with van der Waals surface area (Å²) in [4.78, 5) is 30.8. The van der Waals surface area contributed by atoms with E-state index in [1.165, 1.54) is 24.6 Å². The topological polar surface area (TPSA) is 64.0 Å². The van der Waals surface area contributed by atoms with Crippen molar-refractivity contribution in [1.82, 2.24) is 14.9 Å². The molecular formula is C23H25N3O2S. The van der Waals surface area contributed by atoms with Crippen LogP contribution in [0.4, 0.5) is 0 Å². The minimum absolute atomic E-state index is 0.000594. The lowest BCUT2D eigenvalue weighted by Crippen LogP contribution is -2.38. The highest BCUT2D eigenvalue weighted by atomic mass is 32.2. The summed E-state index contributed by atoms with van der Waals surface area (Å²) in [6.07, 6.45) is 4.44. The maximum absolute atomic E-state index is 13.3. The predicted octanol–water partition coefficient (Wildman–Crippen LogP) is 4.23. The zero-order valence-electron chi connectivity index (χ0n) is 16.7. The van der Waals surface area contributed by atoms with E-state index in [1.54, 1.807) is 10.6 Å². The number of fused-ring (bicyclic) bond motifs is 1. The number of benzene rings is 2. The fourth-order valence-corrected chi connectivity index (χ4v) is 4.75. The number of nitrogens with zero attached hydrogens (tertiary/aromatic N) is 2. The molecule has 1 aromatic heterocycles. The Morgan fingerprint density at radius 1 is 1.14 bits per heavy atom. The largest absolute Gasteiger partial charge is 0.352 e. The Bertz CT molecular complexity index is 1100. The molecule has 6 heteroatoms. The van der Waals surface area contributed by atoms with Gasteiger partial charge in [0.25, 0.3) is 5.56 Å². The van der Waals surface area contributed by atoms with Crippen LogP contribution >= 0.6 is 11.8 Å². The molecule has 29 heavy (non-hydrogen) atoms. The molecule has 0 radical (unpaired) electrons. The highest BCUT2D eigenvalue weighted by Crippen LogP contribution is 2.27. The molecule has 1 aliphatic rings. The first-order valence-electron chi connectivity index (χ1n) is 10.1. The van der Waals surface area contributed by atoms with Crippen molar-refractivity contribution in [2.24, 2.45) is 0 Å². The smallest absolute Gasteiger partial charge is 0.266 e. The van der Waals surface area contributed by atoms with Crippen molar-refractivity contribution in [3.8, 4) is 5.69 Å². The molecule has 0 bridgehead atoms. The molecule has 1 atom stereocenters. The van der Waals surface area contributed by atoms with E-state index in [2.05, 4.69) is 5.32 Å². The van der Waals surface area contributed by atoms with Gasteiger partial charge in [0, 0.05) is 6.04 Å². The van der Waals surface area contributed by atoms with E-state index in [0.717, 1.165) is 24.1 Å². The average molecular weight is 408 g/mol. The standard InChI is InChI=1S/C23H25N3O2S/c1-15-9-3-8-14-20(15)26-22(28)18-12-6-7-13-19(18)25-23(26)29-16(2)21(27)24-17-10-4-5-11-17/h3,6-9,12-14,16-17H,4-5,10-11H2,1-2H3,(H,24,27). The van der Waals surface area contributed by atoms with Gasteiger partial charge < -0.3 is 5.32 Å². The third kappa shape index (κ3) is 4.08. The monoisotopic (exact) mass is 407 g/mol. The van der Waals surface area contributed by atoms with Gasteiger partial charge in [-0.15, -0.1) is 0 Å². The number of carbonyl (C=O) groups is 1. The minimum Gasteiger partial charge on any atom is -0.352 e. The number of hydrogen-bond donors (Lipinski definition) is 1. The summed E-state index contributed by atoms with van der Waals surface area (Å²) in [5.74, 6) is 0.000594. The van der Waals surface area contributed by atoms with E-state index in [0.29, 0.717) is 16.1 Å². The van der Waals surface area contributed by atoms with Crippen LogP contribution in [-0.2, 0) is 4.79 Å². The molecule has 1 heterocycles. The van der Waals surface area contributed by atoms with Crippen LogP contribution < -0.4 is 10.9 Å². The quantitative estimate of drug-likeness (QED) is 0.508. The van der Waals surface area contributed by atoms with Crippen molar-refractivity contribution in [1.29, 1.82) is 0 Å². The number of hydrogen-bond acceptors (Lipinski definition) is 4. The molecule has 1 aliphatic carbocycles. The lowest BCUT2D eigenvalue weighted by molar-refractivity contribution is -0.120. The summed E-state index contributed by atoms with van der Waals surface area (Å²) >= 11 is 1.33. The summed E-state index contributed by atoms with van der Waals surface area (Å²) < 4.78 is 1.64. The van der Waals surface area contributed by atoms with Crippen LogP contribution in [0.25, 0.3) is 16.6 Å². The van der Waals surface area contributed by atoms with Gasteiger partial charge >= 0.3 is 0 Å². The number of amides is 1. The number of rotatable bonds is 5. The summed E-state index contributed by atoms with van der Waals surface area (Å²) in [6.45, 7) is 3.85. The van der Waals surface area contributed by atoms with E-state index in [1.807, 2.05) is 56.3 Å². The number of thioether (sulfide) groups is 1. The summed E-state index contributed by atoms with van der Waals surface area (Å²) in [6, 6.07) is 15.4. The zero-order chi connectivity index (χ0) is 20.4. The van der Waals surface area contributed by atoms with Gasteiger partial charge in [-0.2, -0.15) is 0 Å². The summed E-state index contributed by atoms with van der Waals surface area (Å²) in [5.41, 5.74) is 2.31.